The number of fused-ring (bicyclic) bond motifs is 1. The molecule has 4 atom stereocenters. The fraction of sp³-hybridized carbons (Fsp3) is 1.00. The molecule has 2 fully saturated rings. The van der Waals surface area contributed by atoms with Crippen molar-refractivity contribution in [2.75, 3.05) is 0 Å². The molecule has 2 aliphatic carbocycles. The van der Waals surface area contributed by atoms with Crippen LogP contribution in [0.25, 0.3) is 0 Å². The summed E-state index contributed by atoms with van der Waals surface area (Å²) in [5.41, 5.74) is 0.778. The summed E-state index contributed by atoms with van der Waals surface area (Å²) in [6.07, 6.45) is 3.00. The van der Waals surface area contributed by atoms with Crippen LogP contribution >= 0.6 is 0 Å². The van der Waals surface area contributed by atoms with Crippen LogP contribution < -0.4 is 0 Å². The Bertz CT molecular complexity index is 135. The van der Waals surface area contributed by atoms with Crippen LogP contribution in [0.4, 0.5) is 0 Å². The summed E-state index contributed by atoms with van der Waals surface area (Å²) in [6, 6.07) is 0. The molecule has 0 radical (unpaired) electrons. The molecule has 9 heavy (non-hydrogen) atoms. The molecule has 0 N–H and O–H groups in total. The predicted molar refractivity (Wildman–Crippen MR) is 39.2 cm³/mol. The maximum Gasteiger partial charge on any atom is -0.0241 e. The second-order valence-corrected chi connectivity index (χ2v) is 4.24. The summed E-state index contributed by atoms with van der Waals surface area (Å²) in [7, 11) is 0. The highest BCUT2D eigenvalue weighted by atomic mass is 14.7. The van der Waals surface area contributed by atoms with Gasteiger partial charge >= 0.3 is 0 Å². The summed E-state index contributed by atoms with van der Waals surface area (Å²) < 4.78 is 0. The minimum absolute atomic E-state index is 0.778. The first kappa shape index (κ1) is 5.76. The Morgan fingerprint density at radius 2 is 1.89 bits per heavy atom. The van der Waals surface area contributed by atoms with Crippen molar-refractivity contribution in [2.45, 2.75) is 33.6 Å². The standard InChI is InChI=1S/C9H16/c1-6-4-5-8-7(2)9(6,8)3/h6-8H,4-5H2,1-3H3. The fourth-order valence-electron chi connectivity index (χ4n) is 2.98. The van der Waals surface area contributed by atoms with E-state index in [2.05, 4.69) is 20.8 Å². The van der Waals surface area contributed by atoms with E-state index in [1.54, 1.807) is 0 Å². The third-order valence-corrected chi connectivity index (χ3v) is 4.25. The van der Waals surface area contributed by atoms with Crippen molar-refractivity contribution in [2.24, 2.45) is 23.2 Å². The minimum Gasteiger partial charge on any atom is -0.0620 e. The van der Waals surface area contributed by atoms with Gasteiger partial charge in [0, 0.05) is 0 Å². The van der Waals surface area contributed by atoms with Gasteiger partial charge in [-0.05, 0) is 36.0 Å². The van der Waals surface area contributed by atoms with Gasteiger partial charge in [0.1, 0.15) is 0 Å². The molecule has 0 saturated heterocycles. The Labute approximate surface area is 57.6 Å². The highest BCUT2D eigenvalue weighted by Crippen LogP contribution is 2.70. The Morgan fingerprint density at radius 1 is 1.22 bits per heavy atom. The van der Waals surface area contributed by atoms with E-state index in [9.17, 15) is 0 Å². The summed E-state index contributed by atoms with van der Waals surface area (Å²) in [6.45, 7) is 7.31. The van der Waals surface area contributed by atoms with E-state index in [0.29, 0.717) is 0 Å². The molecule has 0 heterocycles. The zero-order valence-electron chi connectivity index (χ0n) is 6.65. The lowest BCUT2D eigenvalue weighted by Crippen LogP contribution is -2.06. The average molecular weight is 124 g/mol. The van der Waals surface area contributed by atoms with Crippen LogP contribution in [-0.2, 0) is 0 Å². The van der Waals surface area contributed by atoms with Crippen LogP contribution in [0.2, 0.25) is 0 Å². The summed E-state index contributed by atoms with van der Waals surface area (Å²) >= 11 is 0. The largest absolute Gasteiger partial charge is 0.0620 e. The van der Waals surface area contributed by atoms with Crippen molar-refractivity contribution in [3.8, 4) is 0 Å². The van der Waals surface area contributed by atoms with Crippen molar-refractivity contribution < 1.29 is 0 Å². The Balaban J connectivity index is 2.21. The van der Waals surface area contributed by atoms with Gasteiger partial charge < -0.3 is 0 Å². The molecule has 0 aromatic carbocycles. The molecule has 0 amide bonds. The first-order valence-electron chi connectivity index (χ1n) is 4.17. The molecule has 4 unspecified atom stereocenters. The molecular weight excluding hydrogens is 108 g/mol. The van der Waals surface area contributed by atoms with E-state index in [1.165, 1.54) is 12.8 Å². The quantitative estimate of drug-likeness (QED) is 0.465. The molecule has 0 aromatic rings. The van der Waals surface area contributed by atoms with Gasteiger partial charge in [0.15, 0.2) is 0 Å². The van der Waals surface area contributed by atoms with Crippen LogP contribution in [0.5, 0.6) is 0 Å². The van der Waals surface area contributed by atoms with Gasteiger partial charge in [0.2, 0.25) is 0 Å². The molecule has 0 bridgehead atoms. The molecule has 2 saturated carbocycles. The summed E-state index contributed by atoms with van der Waals surface area (Å²) in [5.74, 6) is 3.16. The fourth-order valence-corrected chi connectivity index (χ4v) is 2.98. The molecule has 0 spiro atoms. The second kappa shape index (κ2) is 1.36. The van der Waals surface area contributed by atoms with Crippen molar-refractivity contribution in [3.63, 3.8) is 0 Å². The van der Waals surface area contributed by atoms with Gasteiger partial charge in [0.25, 0.3) is 0 Å². The Morgan fingerprint density at radius 3 is 2.11 bits per heavy atom. The second-order valence-electron chi connectivity index (χ2n) is 4.24. The maximum atomic E-state index is 2.47. The smallest absolute Gasteiger partial charge is 0.0241 e. The predicted octanol–water partition coefficient (Wildman–Crippen LogP) is 2.69. The van der Waals surface area contributed by atoms with Crippen molar-refractivity contribution in [3.05, 3.63) is 0 Å². The summed E-state index contributed by atoms with van der Waals surface area (Å²) in [5, 5.41) is 0. The minimum atomic E-state index is 0.778. The Hall–Kier alpha value is 0. The normalized spacial score (nSPS) is 63.7. The van der Waals surface area contributed by atoms with Gasteiger partial charge in [-0.15, -0.1) is 0 Å². The van der Waals surface area contributed by atoms with Crippen molar-refractivity contribution >= 4 is 0 Å². The highest BCUT2D eigenvalue weighted by molar-refractivity contribution is 5.11. The number of hydrogen-bond donors (Lipinski definition) is 0. The molecule has 0 nitrogen and oxygen atoms in total. The van der Waals surface area contributed by atoms with E-state index in [1.807, 2.05) is 0 Å². The monoisotopic (exact) mass is 124 g/mol. The average Bonchev–Trinajstić information content (AvgIpc) is 2.15. The van der Waals surface area contributed by atoms with Gasteiger partial charge in [-0.1, -0.05) is 20.8 Å². The van der Waals surface area contributed by atoms with E-state index < -0.39 is 0 Å². The molecule has 2 aliphatic rings. The maximum absolute atomic E-state index is 2.47. The topological polar surface area (TPSA) is 0 Å². The molecule has 2 rings (SSSR count). The lowest BCUT2D eigenvalue weighted by atomic mass is 9.91. The van der Waals surface area contributed by atoms with Crippen molar-refractivity contribution in [1.82, 2.24) is 0 Å². The number of rotatable bonds is 0. The zero-order valence-corrected chi connectivity index (χ0v) is 6.65. The first-order valence-corrected chi connectivity index (χ1v) is 4.17. The lowest BCUT2D eigenvalue weighted by molar-refractivity contribution is 0.354. The summed E-state index contributed by atoms with van der Waals surface area (Å²) in [4.78, 5) is 0. The van der Waals surface area contributed by atoms with Gasteiger partial charge in [-0.3, -0.25) is 0 Å². The SMILES string of the molecule is CC1CCC2C(C)C12C. The highest BCUT2D eigenvalue weighted by Gasteiger charge is 2.63. The van der Waals surface area contributed by atoms with Gasteiger partial charge in [-0.2, -0.15) is 0 Å². The van der Waals surface area contributed by atoms with E-state index in [4.69, 9.17) is 0 Å². The molecule has 0 aromatic heterocycles. The van der Waals surface area contributed by atoms with Crippen LogP contribution in [0.1, 0.15) is 33.6 Å². The van der Waals surface area contributed by atoms with E-state index >= 15 is 0 Å². The van der Waals surface area contributed by atoms with Crippen LogP contribution in [0.3, 0.4) is 0 Å². The molecule has 52 valence electrons. The third-order valence-electron chi connectivity index (χ3n) is 4.25. The molecular formula is C9H16. The first-order chi connectivity index (χ1) is 4.17. The molecule has 0 heteroatoms. The molecule has 0 aliphatic heterocycles. The Kier molecular flexibility index (Phi) is 0.868. The van der Waals surface area contributed by atoms with Gasteiger partial charge in [0.05, 0.1) is 0 Å². The van der Waals surface area contributed by atoms with Crippen LogP contribution in [-0.4, -0.2) is 0 Å². The van der Waals surface area contributed by atoms with Crippen molar-refractivity contribution in [1.29, 1.82) is 0 Å². The van der Waals surface area contributed by atoms with Crippen LogP contribution in [0, 0.1) is 23.2 Å². The third kappa shape index (κ3) is 0.461. The van der Waals surface area contributed by atoms with Gasteiger partial charge in [-0.25, -0.2) is 0 Å². The lowest BCUT2D eigenvalue weighted by Gasteiger charge is -2.14. The van der Waals surface area contributed by atoms with E-state index in [-0.39, 0.29) is 0 Å². The van der Waals surface area contributed by atoms with Crippen LogP contribution in [0.15, 0.2) is 0 Å². The number of hydrogen-bond acceptors (Lipinski definition) is 0. The zero-order chi connectivity index (χ0) is 6.65. The van der Waals surface area contributed by atoms with E-state index in [0.717, 1.165) is 23.2 Å².